The molecule has 0 fully saturated rings. The van der Waals surface area contributed by atoms with Gasteiger partial charge in [0.25, 0.3) is 0 Å². The fourth-order valence-electron chi connectivity index (χ4n) is 2.73. The van der Waals surface area contributed by atoms with Crippen LogP contribution in [-0.2, 0) is 18.3 Å². The molecule has 3 rings (SSSR count). The second-order valence-electron chi connectivity index (χ2n) is 5.97. The van der Waals surface area contributed by atoms with Crippen LogP contribution in [0.15, 0.2) is 36.5 Å². The van der Waals surface area contributed by atoms with Crippen LogP contribution in [0.4, 0.5) is 0 Å². The minimum absolute atomic E-state index is 0.187. The Morgan fingerprint density at radius 3 is 2.46 bits per heavy atom. The third kappa shape index (κ3) is 3.04. The van der Waals surface area contributed by atoms with Gasteiger partial charge in [-0.15, -0.1) is 0 Å². The zero-order chi connectivity index (χ0) is 17.4. The maximum atomic E-state index is 12.5. The second kappa shape index (κ2) is 6.54. The number of aromatic nitrogens is 2. The highest BCUT2D eigenvalue weighted by Crippen LogP contribution is 2.29. The molecule has 0 unspecified atom stereocenters. The van der Waals surface area contributed by atoms with Crippen molar-refractivity contribution in [3.63, 3.8) is 0 Å². The van der Waals surface area contributed by atoms with Gasteiger partial charge in [-0.3, -0.25) is 0 Å². The lowest BCUT2D eigenvalue weighted by atomic mass is 10.2. The van der Waals surface area contributed by atoms with Gasteiger partial charge in [0.15, 0.2) is 0 Å². The number of hydrogen-bond acceptors (Lipinski definition) is 2. The van der Waals surface area contributed by atoms with E-state index in [9.17, 15) is 4.79 Å². The summed E-state index contributed by atoms with van der Waals surface area (Å²) in [5, 5.41) is 1.15. The molecule has 2 aromatic heterocycles. The molecule has 24 heavy (non-hydrogen) atoms. The quantitative estimate of drug-likeness (QED) is 0.617. The van der Waals surface area contributed by atoms with E-state index < -0.39 is 0 Å². The van der Waals surface area contributed by atoms with Gasteiger partial charge in [-0.05, 0) is 38.1 Å². The predicted octanol–water partition coefficient (Wildman–Crippen LogP) is 4.90. The first-order valence-electron chi connectivity index (χ1n) is 7.67. The van der Waals surface area contributed by atoms with Crippen LogP contribution in [0, 0.1) is 0 Å². The van der Waals surface area contributed by atoms with Crippen molar-refractivity contribution in [3.05, 3.63) is 57.8 Å². The highest BCUT2D eigenvalue weighted by Gasteiger charge is 2.21. The van der Waals surface area contributed by atoms with Crippen LogP contribution in [0.5, 0.6) is 0 Å². The molecule has 0 radical (unpaired) electrons. The van der Waals surface area contributed by atoms with Gasteiger partial charge in [0.2, 0.25) is 0 Å². The van der Waals surface area contributed by atoms with E-state index in [4.69, 9.17) is 27.9 Å². The Balaban J connectivity index is 2.13. The molecular formula is C18H18Cl2N2O2. The molecule has 0 atom stereocenters. The van der Waals surface area contributed by atoms with Gasteiger partial charge < -0.3 is 13.9 Å². The van der Waals surface area contributed by atoms with Gasteiger partial charge in [-0.25, -0.2) is 4.79 Å². The molecule has 0 aliphatic carbocycles. The lowest BCUT2D eigenvalue weighted by Crippen LogP contribution is -2.16. The van der Waals surface area contributed by atoms with Gasteiger partial charge in [0.05, 0.1) is 23.7 Å². The number of rotatable bonds is 4. The monoisotopic (exact) mass is 364 g/mol. The van der Waals surface area contributed by atoms with E-state index in [-0.39, 0.29) is 12.1 Å². The number of hydrogen-bond donors (Lipinski definition) is 0. The third-order valence-corrected chi connectivity index (χ3v) is 4.59. The predicted molar refractivity (Wildman–Crippen MR) is 97.0 cm³/mol. The van der Waals surface area contributed by atoms with E-state index in [0.29, 0.717) is 22.3 Å². The standard InChI is InChI=1S/C18H18Cl2N2O2/c1-11(2)24-18(23)17-9-16-15(7-8-21(16)3)22(17)10-12-13(19)5-4-6-14(12)20/h4-9,11H,10H2,1-3H3. The molecule has 0 bridgehead atoms. The van der Waals surface area contributed by atoms with Crippen LogP contribution >= 0.6 is 23.2 Å². The number of halogens is 2. The molecule has 0 amide bonds. The summed E-state index contributed by atoms with van der Waals surface area (Å²) in [4.78, 5) is 12.5. The first-order valence-corrected chi connectivity index (χ1v) is 8.42. The van der Waals surface area contributed by atoms with E-state index in [0.717, 1.165) is 16.6 Å². The van der Waals surface area contributed by atoms with Crippen molar-refractivity contribution >= 4 is 40.2 Å². The first-order chi connectivity index (χ1) is 11.4. The van der Waals surface area contributed by atoms with E-state index in [1.165, 1.54) is 0 Å². The van der Waals surface area contributed by atoms with Crippen LogP contribution in [0.2, 0.25) is 10.0 Å². The van der Waals surface area contributed by atoms with Crippen molar-refractivity contribution in [2.45, 2.75) is 26.5 Å². The van der Waals surface area contributed by atoms with E-state index in [1.807, 2.05) is 48.4 Å². The summed E-state index contributed by atoms with van der Waals surface area (Å²) in [5.74, 6) is -0.357. The van der Waals surface area contributed by atoms with Gasteiger partial charge in [0.1, 0.15) is 5.69 Å². The molecule has 0 aliphatic rings. The average Bonchev–Trinajstić information content (AvgIpc) is 3.03. The summed E-state index contributed by atoms with van der Waals surface area (Å²) in [7, 11) is 1.94. The van der Waals surface area contributed by atoms with E-state index in [2.05, 4.69) is 0 Å². The Kier molecular flexibility index (Phi) is 4.61. The zero-order valence-electron chi connectivity index (χ0n) is 13.7. The number of benzene rings is 1. The van der Waals surface area contributed by atoms with Crippen molar-refractivity contribution < 1.29 is 9.53 Å². The van der Waals surface area contributed by atoms with Gasteiger partial charge in [-0.2, -0.15) is 0 Å². The van der Waals surface area contributed by atoms with Gasteiger partial charge in [-0.1, -0.05) is 29.3 Å². The number of nitrogens with zero attached hydrogens (tertiary/aromatic N) is 2. The largest absolute Gasteiger partial charge is 0.458 e. The molecule has 0 aliphatic heterocycles. The molecule has 2 heterocycles. The SMILES string of the molecule is CC(C)OC(=O)c1cc2c(ccn2C)n1Cc1c(Cl)cccc1Cl. The number of fused-ring (bicyclic) bond motifs is 1. The molecule has 1 aromatic carbocycles. The second-order valence-corrected chi connectivity index (χ2v) is 6.78. The van der Waals surface area contributed by atoms with Crippen LogP contribution < -0.4 is 0 Å². The first kappa shape index (κ1) is 16.9. The lowest BCUT2D eigenvalue weighted by molar-refractivity contribution is 0.0366. The minimum Gasteiger partial charge on any atom is -0.458 e. The summed E-state index contributed by atoms with van der Waals surface area (Å²) in [6.07, 6.45) is 1.76. The van der Waals surface area contributed by atoms with Crippen LogP contribution in [0.1, 0.15) is 29.9 Å². The Morgan fingerprint density at radius 1 is 1.17 bits per heavy atom. The molecule has 0 spiro atoms. The molecule has 3 aromatic rings. The smallest absolute Gasteiger partial charge is 0.355 e. The maximum absolute atomic E-state index is 12.5. The van der Waals surface area contributed by atoms with Gasteiger partial charge in [0, 0.05) is 28.9 Å². The number of esters is 1. The lowest BCUT2D eigenvalue weighted by Gasteiger charge is -2.13. The summed E-state index contributed by atoms with van der Waals surface area (Å²) in [6, 6.07) is 9.19. The van der Waals surface area contributed by atoms with Crippen molar-refractivity contribution in [1.29, 1.82) is 0 Å². The molecule has 6 heteroatoms. The molecule has 126 valence electrons. The third-order valence-electron chi connectivity index (χ3n) is 3.88. The molecule has 4 nitrogen and oxygen atoms in total. The van der Waals surface area contributed by atoms with Crippen LogP contribution in [0.25, 0.3) is 11.0 Å². The number of carbonyl (C=O) groups is 1. The van der Waals surface area contributed by atoms with Crippen LogP contribution in [0.3, 0.4) is 0 Å². The van der Waals surface area contributed by atoms with Crippen molar-refractivity contribution in [1.82, 2.24) is 9.13 Å². The Morgan fingerprint density at radius 2 is 1.83 bits per heavy atom. The average molecular weight is 365 g/mol. The fourth-order valence-corrected chi connectivity index (χ4v) is 3.24. The topological polar surface area (TPSA) is 36.2 Å². The zero-order valence-corrected chi connectivity index (χ0v) is 15.2. The Bertz CT molecular complexity index is 889. The van der Waals surface area contributed by atoms with Crippen molar-refractivity contribution in [2.24, 2.45) is 7.05 Å². The minimum atomic E-state index is -0.357. The Labute approximate surface area is 150 Å². The summed E-state index contributed by atoms with van der Waals surface area (Å²) in [5.41, 5.74) is 3.15. The maximum Gasteiger partial charge on any atom is 0.355 e. The number of aryl methyl sites for hydroxylation is 1. The number of carbonyl (C=O) groups excluding carboxylic acids is 1. The highest BCUT2D eigenvalue weighted by molar-refractivity contribution is 6.36. The molecule has 0 saturated carbocycles. The number of ether oxygens (including phenoxy) is 1. The fraction of sp³-hybridized carbons (Fsp3) is 0.278. The van der Waals surface area contributed by atoms with E-state index in [1.54, 1.807) is 18.2 Å². The molecular weight excluding hydrogens is 347 g/mol. The van der Waals surface area contributed by atoms with E-state index >= 15 is 0 Å². The van der Waals surface area contributed by atoms with Crippen molar-refractivity contribution in [2.75, 3.05) is 0 Å². The molecule has 0 saturated heterocycles. The summed E-state index contributed by atoms with van der Waals surface area (Å²) < 4.78 is 9.24. The summed E-state index contributed by atoms with van der Waals surface area (Å²) in [6.45, 7) is 4.06. The molecule has 0 N–H and O–H groups in total. The van der Waals surface area contributed by atoms with Crippen molar-refractivity contribution in [3.8, 4) is 0 Å². The normalized spacial score (nSPS) is 11.4. The van der Waals surface area contributed by atoms with Crippen LogP contribution in [-0.4, -0.2) is 21.2 Å². The van der Waals surface area contributed by atoms with Gasteiger partial charge >= 0.3 is 5.97 Å². The highest BCUT2D eigenvalue weighted by atomic mass is 35.5. The summed E-state index contributed by atoms with van der Waals surface area (Å²) >= 11 is 12.6. The Hall–Kier alpha value is -1.91.